The van der Waals surface area contributed by atoms with E-state index in [1.54, 1.807) is 0 Å². The topological polar surface area (TPSA) is 47.3 Å². The predicted molar refractivity (Wildman–Crippen MR) is 52.5 cm³/mol. The summed E-state index contributed by atoms with van der Waals surface area (Å²) < 4.78 is 5.54. The van der Waals surface area contributed by atoms with Crippen molar-refractivity contribution in [3.63, 3.8) is 0 Å². The Morgan fingerprint density at radius 1 is 1.38 bits per heavy atom. The smallest absolute Gasteiger partial charge is 0.0700 e. The Hall–Kier alpha value is -0.120. The molecule has 0 radical (unpaired) electrons. The third-order valence-corrected chi connectivity index (χ3v) is 3.08. The van der Waals surface area contributed by atoms with E-state index in [0.717, 1.165) is 25.6 Å². The quantitative estimate of drug-likeness (QED) is 0.654. The second-order valence-corrected chi connectivity index (χ2v) is 4.22. The van der Waals surface area contributed by atoms with Crippen LogP contribution in [-0.4, -0.2) is 31.8 Å². The first-order valence-electron chi connectivity index (χ1n) is 5.45. The zero-order valence-corrected chi connectivity index (χ0v) is 8.17. The number of ether oxygens (including phenoxy) is 1. The highest BCUT2D eigenvalue weighted by Gasteiger charge is 2.30. The normalized spacial score (nSPS) is 30.7. The van der Waals surface area contributed by atoms with Crippen molar-refractivity contribution in [1.29, 1.82) is 0 Å². The maximum Gasteiger partial charge on any atom is 0.0700 e. The van der Waals surface area contributed by atoms with Crippen LogP contribution in [0.15, 0.2) is 0 Å². The van der Waals surface area contributed by atoms with Crippen molar-refractivity contribution >= 4 is 0 Å². The van der Waals surface area contributed by atoms with Crippen LogP contribution < -0.4 is 11.1 Å². The summed E-state index contributed by atoms with van der Waals surface area (Å²) in [6.07, 6.45) is 5.62. The van der Waals surface area contributed by atoms with Gasteiger partial charge in [-0.05, 0) is 31.6 Å². The summed E-state index contributed by atoms with van der Waals surface area (Å²) in [4.78, 5) is 0. The minimum atomic E-state index is 0.452. The van der Waals surface area contributed by atoms with Gasteiger partial charge in [-0.1, -0.05) is 0 Å². The Balaban J connectivity index is 1.64. The van der Waals surface area contributed by atoms with Crippen LogP contribution in [0.3, 0.4) is 0 Å². The van der Waals surface area contributed by atoms with Gasteiger partial charge >= 0.3 is 0 Å². The molecule has 2 fully saturated rings. The average molecular weight is 184 g/mol. The lowest BCUT2D eigenvalue weighted by Gasteiger charge is -2.18. The van der Waals surface area contributed by atoms with Crippen LogP contribution >= 0.6 is 0 Å². The fraction of sp³-hybridized carbons (Fsp3) is 1.00. The minimum Gasteiger partial charge on any atom is -0.377 e. The molecule has 0 aromatic heterocycles. The third-order valence-electron chi connectivity index (χ3n) is 3.08. The van der Waals surface area contributed by atoms with Crippen molar-refractivity contribution in [3.05, 3.63) is 0 Å². The number of nitrogens with one attached hydrogen (secondary N) is 1. The summed E-state index contributed by atoms with van der Waals surface area (Å²) in [6, 6.07) is 0.546. The van der Waals surface area contributed by atoms with Crippen LogP contribution in [0.5, 0.6) is 0 Å². The standard InChI is InChI=1S/C10H20N2O/c11-6-10(8-3-4-8)12-7-9-2-1-5-13-9/h8-10,12H,1-7,11H2. The Kier molecular flexibility index (Phi) is 3.19. The van der Waals surface area contributed by atoms with Gasteiger partial charge in [-0.3, -0.25) is 0 Å². The van der Waals surface area contributed by atoms with Crippen LogP contribution in [0, 0.1) is 5.92 Å². The van der Waals surface area contributed by atoms with Gasteiger partial charge < -0.3 is 15.8 Å². The van der Waals surface area contributed by atoms with Crippen LogP contribution in [-0.2, 0) is 4.74 Å². The molecule has 1 saturated heterocycles. The molecule has 0 spiro atoms. The second-order valence-electron chi connectivity index (χ2n) is 4.22. The lowest BCUT2D eigenvalue weighted by Crippen LogP contribution is -2.41. The number of nitrogens with two attached hydrogens (primary N) is 1. The summed E-state index contributed by atoms with van der Waals surface area (Å²) in [5.41, 5.74) is 5.70. The Bertz CT molecular complexity index is 153. The van der Waals surface area contributed by atoms with Crippen molar-refractivity contribution in [2.24, 2.45) is 11.7 Å². The van der Waals surface area contributed by atoms with Crippen LogP contribution in [0.25, 0.3) is 0 Å². The number of rotatable bonds is 5. The number of hydrogen-bond donors (Lipinski definition) is 2. The van der Waals surface area contributed by atoms with E-state index in [9.17, 15) is 0 Å². The van der Waals surface area contributed by atoms with Gasteiger partial charge in [-0.2, -0.15) is 0 Å². The zero-order chi connectivity index (χ0) is 9.10. The molecule has 2 aliphatic rings. The van der Waals surface area contributed by atoms with Crippen LogP contribution in [0.4, 0.5) is 0 Å². The molecule has 3 nitrogen and oxygen atoms in total. The maximum atomic E-state index is 5.70. The summed E-state index contributed by atoms with van der Waals surface area (Å²) in [6.45, 7) is 2.72. The molecule has 76 valence electrons. The summed E-state index contributed by atoms with van der Waals surface area (Å²) >= 11 is 0. The van der Waals surface area contributed by atoms with E-state index in [0.29, 0.717) is 12.1 Å². The Morgan fingerprint density at radius 2 is 2.23 bits per heavy atom. The molecule has 3 N–H and O–H groups in total. The Labute approximate surface area is 80.0 Å². The first kappa shape index (κ1) is 9.44. The van der Waals surface area contributed by atoms with Crippen molar-refractivity contribution in [2.45, 2.75) is 37.8 Å². The lowest BCUT2D eigenvalue weighted by molar-refractivity contribution is 0.107. The summed E-state index contributed by atoms with van der Waals surface area (Å²) in [5.74, 6) is 0.853. The van der Waals surface area contributed by atoms with E-state index in [-0.39, 0.29) is 0 Å². The summed E-state index contributed by atoms with van der Waals surface area (Å²) in [7, 11) is 0. The van der Waals surface area contributed by atoms with Crippen molar-refractivity contribution in [2.75, 3.05) is 19.7 Å². The van der Waals surface area contributed by atoms with Gasteiger partial charge in [-0.25, -0.2) is 0 Å². The molecule has 13 heavy (non-hydrogen) atoms. The van der Waals surface area contributed by atoms with Crippen molar-refractivity contribution in [3.8, 4) is 0 Å². The van der Waals surface area contributed by atoms with E-state index in [1.165, 1.54) is 25.7 Å². The minimum absolute atomic E-state index is 0.452. The van der Waals surface area contributed by atoms with Gasteiger partial charge in [0.05, 0.1) is 6.10 Å². The van der Waals surface area contributed by atoms with Crippen LogP contribution in [0.2, 0.25) is 0 Å². The molecule has 0 amide bonds. The molecule has 1 saturated carbocycles. The maximum absolute atomic E-state index is 5.70. The Morgan fingerprint density at radius 3 is 2.77 bits per heavy atom. The van der Waals surface area contributed by atoms with Gasteiger partial charge in [0, 0.05) is 25.7 Å². The van der Waals surface area contributed by atoms with E-state index < -0.39 is 0 Å². The molecule has 2 atom stereocenters. The average Bonchev–Trinajstić information content (AvgIpc) is 2.84. The zero-order valence-electron chi connectivity index (χ0n) is 8.17. The lowest BCUT2D eigenvalue weighted by atomic mass is 10.1. The molecular formula is C10H20N2O. The highest BCUT2D eigenvalue weighted by Crippen LogP contribution is 2.32. The fourth-order valence-electron chi connectivity index (χ4n) is 2.03. The third kappa shape index (κ3) is 2.66. The van der Waals surface area contributed by atoms with Gasteiger partial charge in [0.2, 0.25) is 0 Å². The molecule has 2 rings (SSSR count). The summed E-state index contributed by atoms with van der Waals surface area (Å²) in [5, 5.41) is 3.52. The van der Waals surface area contributed by atoms with Crippen molar-refractivity contribution in [1.82, 2.24) is 5.32 Å². The molecule has 0 aromatic carbocycles. The largest absolute Gasteiger partial charge is 0.377 e. The van der Waals surface area contributed by atoms with E-state index in [2.05, 4.69) is 5.32 Å². The van der Waals surface area contributed by atoms with E-state index >= 15 is 0 Å². The number of hydrogen-bond acceptors (Lipinski definition) is 3. The first-order chi connectivity index (χ1) is 6.40. The highest BCUT2D eigenvalue weighted by atomic mass is 16.5. The molecule has 3 heteroatoms. The first-order valence-corrected chi connectivity index (χ1v) is 5.45. The molecule has 0 bridgehead atoms. The van der Waals surface area contributed by atoms with Gasteiger partial charge in [0.25, 0.3) is 0 Å². The van der Waals surface area contributed by atoms with Gasteiger partial charge in [0.15, 0.2) is 0 Å². The predicted octanol–water partition coefficient (Wildman–Crippen LogP) is 0.492. The molecular weight excluding hydrogens is 164 g/mol. The van der Waals surface area contributed by atoms with E-state index in [1.807, 2.05) is 0 Å². The monoisotopic (exact) mass is 184 g/mol. The SMILES string of the molecule is NCC(NCC1CCCO1)C1CC1. The fourth-order valence-corrected chi connectivity index (χ4v) is 2.03. The molecule has 2 unspecified atom stereocenters. The highest BCUT2D eigenvalue weighted by molar-refractivity contribution is 4.87. The molecule has 1 heterocycles. The van der Waals surface area contributed by atoms with Crippen molar-refractivity contribution < 1.29 is 4.74 Å². The molecule has 1 aliphatic heterocycles. The van der Waals surface area contributed by atoms with Gasteiger partial charge in [-0.15, -0.1) is 0 Å². The molecule has 1 aliphatic carbocycles. The molecule has 0 aromatic rings. The van der Waals surface area contributed by atoms with Crippen LogP contribution in [0.1, 0.15) is 25.7 Å². The second kappa shape index (κ2) is 4.40. The van der Waals surface area contributed by atoms with Gasteiger partial charge in [0.1, 0.15) is 0 Å². The van der Waals surface area contributed by atoms with E-state index in [4.69, 9.17) is 10.5 Å².